The van der Waals surface area contributed by atoms with Crippen molar-refractivity contribution in [3.8, 4) is 0 Å². The maximum absolute atomic E-state index is 8.38. The molecule has 0 aromatic heterocycles. The van der Waals surface area contributed by atoms with Crippen molar-refractivity contribution < 1.29 is 14.6 Å². The summed E-state index contributed by atoms with van der Waals surface area (Å²) in [6.07, 6.45) is 1.15. The Morgan fingerprint density at radius 2 is 1.83 bits per heavy atom. The Kier molecular flexibility index (Phi) is 8.88. The van der Waals surface area contributed by atoms with E-state index in [1.807, 2.05) is 0 Å². The van der Waals surface area contributed by atoms with Gasteiger partial charge in [-0.15, -0.1) is 0 Å². The van der Waals surface area contributed by atoms with Gasteiger partial charge in [-0.05, 0) is 5.92 Å². The molecular weight excluding hydrogens is 156 g/mol. The third kappa shape index (κ3) is 7.98. The highest BCUT2D eigenvalue weighted by Crippen LogP contribution is 1.99. The van der Waals surface area contributed by atoms with Gasteiger partial charge in [-0.25, -0.2) is 0 Å². The van der Waals surface area contributed by atoms with Crippen LogP contribution in [0.25, 0.3) is 0 Å². The van der Waals surface area contributed by atoms with Crippen molar-refractivity contribution in [2.75, 3.05) is 33.0 Å². The molecule has 0 saturated heterocycles. The summed E-state index contributed by atoms with van der Waals surface area (Å²) >= 11 is 0. The van der Waals surface area contributed by atoms with Gasteiger partial charge in [0.25, 0.3) is 0 Å². The second-order valence-corrected chi connectivity index (χ2v) is 2.92. The van der Waals surface area contributed by atoms with E-state index in [1.54, 1.807) is 0 Å². The predicted molar refractivity (Wildman–Crippen MR) is 48.2 cm³/mol. The monoisotopic (exact) mass is 176 g/mol. The van der Waals surface area contributed by atoms with E-state index in [0.29, 0.717) is 25.7 Å². The Morgan fingerprint density at radius 1 is 1.17 bits per heavy atom. The van der Waals surface area contributed by atoms with Crippen LogP contribution < -0.4 is 0 Å². The molecule has 0 aliphatic carbocycles. The van der Waals surface area contributed by atoms with Crippen LogP contribution in [0.4, 0.5) is 0 Å². The van der Waals surface area contributed by atoms with Gasteiger partial charge >= 0.3 is 0 Å². The summed E-state index contributed by atoms with van der Waals surface area (Å²) in [4.78, 5) is 0. The molecule has 3 heteroatoms. The number of hydrogen-bond acceptors (Lipinski definition) is 3. The van der Waals surface area contributed by atoms with E-state index in [0.717, 1.165) is 13.0 Å². The molecule has 3 nitrogen and oxygen atoms in total. The number of rotatable bonds is 8. The summed E-state index contributed by atoms with van der Waals surface area (Å²) in [6, 6.07) is 0. The fraction of sp³-hybridized carbons (Fsp3) is 1.00. The minimum absolute atomic E-state index is 0.0887. The van der Waals surface area contributed by atoms with Gasteiger partial charge in [0.1, 0.15) is 0 Å². The summed E-state index contributed by atoms with van der Waals surface area (Å²) in [5.41, 5.74) is 0. The molecule has 1 atom stereocenters. The molecule has 0 radical (unpaired) electrons. The molecule has 0 aliphatic rings. The average Bonchev–Trinajstić information content (AvgIpc) is 2.10. The van der Waals surface area contributed by atoms with Crippen LogP contribution in [0.1, 0.15) is 20.3 Å². The summed E-state index contributed by atoms with van der Waals surface area (Å²) in [7, 11) is 0. The van der Waals surface area contributed by atoms with E-state index in [4.69, 9.17) is 14.6 Å². The maximum atomic E-state index is 8.38. The first kappa shape index (κ1) is 11.9. The number of aliphatic hydroxyl groups excluding tert-OH is 1. The lowest BCUT2D eigenvalue weighted by Crippen LogP contribution is -2.11. The molecule has 74 valence electrons. The predicted octanol–water partition coefficient (Wildman–Crippen LogP) is 1.06. The van der Waals surface area contributed by atoms with Crippen LogP contribution in [0.2, 0.25) is 0 Å². The van der Waals surface area contributed by atoms with Crippen LogP contribution in [0.15, 0.2) is 0 Å². The zero-order chi connectivity index (χ0) is 9.23. The summed E-state index contributed by atoms with van der Waals surface area (Å²) in [5.74, 6) is 0.628. The Labute approximate surface area is 74.7 Å². The number of aliphatic hydroxyl groups is 1. The lowest BCUT2D eigenvalue weighted by molar-refractivity contribution is 0.0235. The van der Waals surface area contributed by atoms with E-state index in [-0.39, 0.29) is 6.61 Å². The van der Waals surface area contributed by atoms with Gasteiger partial charge in [0.15, 0.2) is 0 Å². The highest BCUT2D eigenvalue weighted by molar-refractivity contribution is 4.45. The Balaban J connectivity index is 2.90. The third-order valence-electron chi connectivity index (χ3n) is 1.71. The standard InChI is InChI=1S/C9H20O3/c1-3-9(2)8-12-7-6-11-5-4-10/h9-10H,3-8H2,1-2H3. The smallest absolute Gasteiger partial charge is 0.0701 e. The topological polar surface area (TPSA) is 38.7 Å². The first-order chi connectivity index (χ1) is 5.81. The van der Waals surface area contributed by atoms with Gasteiger partial charge in [-0.1, -0.05) is 20.3 Å². The number of ether oxygens (including phenoxy) is 2. The molecule has 0 amide bonds. The molecule has 0 saturated carbocycles. The Hall–Kier alpha value is -0.120. The van der Waals surface area contributed by atoms with Gasteiger partial charge in [-0.2, -0.15) is 0 Å². The average molecular weight is 176 g/mol. The van der Waals surface area contributed by atoms with E-state index >= 15 is 0 Å². The minimum atomic E-state index is 0.0887. The fourth-order valence-corrected chi connectivity index (χ4v) is 0.687. The third-order valence-corrected chi connectivity index (χ3v) is 1.71. The van der Waals surface area contributed by atoms with Crippen LogP contribution in [0.3, 0.4) is 0 Å². The zero-order valence-corrected chi connectivity index (χ0v) is 8.08. The second-order valence-electron chi connectivity index (χ2n) is 2.92. The summed E-state index contributed by atoms with van der Waals surface area (Å²) in [6.45, 7) is 6.82. The molecule has 0 heterocycles. The van der Waals surface area contributed by atoms with Gasteiger partial charge in [-0.3, -0.25) is 0 Å². The highest BCUT2D eigenvalue weighted by atomic mass is 16.5. The minimum Gasteiger partial charge on any atom is -0.394 e. The largest absolute Gasteiger partial charge is 0.394 e. The van der Waals surface area contributed by atoms with Crippen LogP contribution in [-0.4, -0.2) is 38.1 Å². The molecule has 1 unspecified atom stereocenters. The van der Waals surface area contributed by atoms with Crippen LogP contribution in [-0.2, 0) is 9.47 Å². The summed E-state index contributed by atoms with van der Waals surface area (Å²) < 4.78 is 10.3. The fourth-order valence-electron chi connectivity index (χ4n) is 0.687. The highest BCUT2D eigenvalue weighted by Gasteiger charge is 1.97. The van der Waals surface area contributed by atoms with Crippen molar-refractivity contribution in [1.82, 2.24) is 0 Å². The van der Waals surface area contributed by atoms with E-state index in [2.05, 4.69) is 13.8 Å². The first-order valence-corrected chi connectivity index (χ1v) is 4.57. The van der Waals surface area contributed by atoms with E-state index in [9.17, 15) is 0 Å². The Bertz CT molecular complexity index is 85.8. The molecule has 1 N–H and O–H groups in total. The zero-order valence-electron chi connectivity index (χ0n) is 8.08. The van der Waals surface area contributed by atoms with Crippen molar-refractivity contribution in [2.24, 2.45) is 5.92 Å². The van der Waals surface area contributed by atoms with Gasteiger partial charge < -0.3 is 14.6 Å². The lowest BCUT2D eigenvalue weighted by atomic mass is 10.1. The van der Waals surface area contributed by atoms with Crippen LogP contribution in [0, 0.1) is 5.92 Å². The molecule has 0 aromatic rings. The van der Waals surface area contributed by atoms with Crippen LogP contribution in [0.5, 0.6) is 0 Å². The summed E-state index contributed by atoms with van der Waals surface area (Å²) in [5, 5.41) is 8.38. The van der Waals surface area contributed by atoms with E-state index in [1.165, 1.54) is 0 Å². The van der Waals surface area contributed by atoms with Crippen molar-refractivity contribution in [3.05, 3.63) is 0 Å². The molecule has 12 heavy (non-hydrogen) atoms. The second kappa shape index (κ2) is 8.97. The van der Waals surface area contributed by atoms with Crippen molar-refractivity contribution in [3.63, 3.8) is 0 Å². The lowest BCUT2D eigenvalue weighted by Gasteiger charge is -2.08. The molecule has 0 aliphatic heterocycles. The van der Waals surface area contributed by atoms with Crippen LogP contribution >= 0.6 is 0 Å². The van der Waals surface area contributed by atoms with Crippen molar-refractivity contribution >= 4 is 0 Å². The van der Waals surface area contributed by atoms with Crippen molar-refractivity contribution in [2.45, 2.75) is 20.3 Å². The molecule has 0 rings (SSSR count). The Morgan fingerprint density at radius 3 is 2.42 bits per heavy atom. The van der Waals surface area contributed by atoms with Gasteiger partial charge in [0, 0.05) is 6.61 Å². The molecule has 0 spiro atoms. The van der Waals surface area contributed by atoms with Gasteiger partial charge in [0.05, 0.1) is 26.4 Å². The molecular formula is C9H20O3. The molecule has 0 aromatic carbocycles. The SMILES string of the molecule is CCC(C)COCCOCCO. The number of hydrogen-bond donors (Lipinski definition) is 1. The quantitative estimate of drug-likeness (QED) is 0.562. The van der Waals surface area contributed by atoms with E-state index < -0.39 is 0 Å². The molecule has 0 fully saturated rings. The van der Waals surface area contributed by atoms with Gasteiger partial charge in [0.2, 0.25) is 0 Å². The normalized spacial score (nSPS) is 13.2. The first-order valence-electron chi connectivity index (χ1n) is 4.57. The van der Waals surface area contributed by atoms with Crippen molar-refractivity contribution in [1.29, 1.82) is 0 Å². The molecule has 0 bridgehead atoms. The maximum Gasteiger partial charge on any atom is 0.0701 e.